The molecule has 3 aliphatic rings. The minimum Gasteiger partial charge on any atom is -0.724 e. The lowest BCUT2D eigenvalue weighted by Gasteiger charge is -2.39. The van der Waals surface area contributed by atoms with Crippen LogP contribution in [0.3, 0.4) is 0 Å². The van der Waals surface area contributed by atoms with Crippen LogP contribution in [0.2, 0.25) is 0 Å². The van der Waals surface area contributed by atoms with Gasteiger partial charge in [-0.25, -0.2) is 23.5 Å². The van der Waals surface area contributed by atoms with Gasteiger partial charge in [0.05, 0.1) is 32.2 Å². The van der Waals surface area contributed by atoms with Crippen LogP contribution >= 0.6 is 0 Å². The molecule has 0 saturated carbocycles. The monoisotopic (exact) mass is 762 g/mol. The summed E-state index contributed by atoms with van der Waals surface area (Å²) >= 11 is 0. The van der Waals surface area contributed by atoms with Crippen molar-refractivity contribution < 1.29 is 50.5 Å². The SMILES string of the molecule is CC(C)(C)OC(=O)N1CCCN(C(=O)CONC(=O)[C@@H]2CC[C@@H]3CN2C(=O)N3OS(=O)(=O)[O-])CC1.CCCC[N+](CCCC)(CCCC)CCCC. The Kier molecular flexibility index (Phi) is 19.1. The number of nitrogens with one attached hydrogen (secondary N) is 1. The van der Waals surface area contributed by atoms with Crippen molar-refractivity contribution in [1.82, 2.24) is 25.2 Å². The van der Waals surface area contributed by atoms with Gasteiger partial charge in [-0.15, -0.1) is 0 Å². The van der Waals surface area contributed by atoms with E-state index in [1.165, 1.54) is 91.8 Å². The van der Waals surface area contributed by atoms with Crippen LogP contribution in [0, 0.1) is 0 Å². The zero-order chi connectivity index (χ0) is 39.0. The highest BCUT2D eigenvalue weighted by molar-refractivity contribution is 7.80. The third-order valence-electron chi connectivity index (χ3n) is 9.61. The summed E-state index contributed by atoms with van der Waals surface area (Å²) in [4.78, 5) is 58.8. The second-order valence-electron chi connectivity index (χ2n) is 15.1. The number of hydroxylamine groups is 3. The quantitative estimate of drug-likeness (QED) is 0.0923. The van der Waals surface area contributed by atoms with Gasteiger partial charge < -0.3 is 28.5 Å². The molecule has 0 aromatic rings. The number of piperidine rings is 1. The average Bonchev–Trinajstić information content (AvgIpc) is 3.23. The Balaban J connectivity index is 0.000000465. The molecule has 17 heteroatoms. The standard InChI is InChI=1S/C19H31N5O10S.C16H36N/c1-19(2,3)33-18(28)22-8-4-7-21(9-10-22)15(25)12-32-20-16(26)14-6-5-13-11-23(14)17(27)24(13)34-35(29,30)31;1-5-9-13-17(14-10-6-2,15-11-7-3)16-12-8-4/h13-14H,4-12H2,1-3H3,(H,20,26)(H,29,30,31);5-16H2,1-4H3/q;+1/p-1/t13-,14+;/m1./s1. The van der Waals surface area contributed by atoms with Crippen LogP contribution in [0.15, 0.2) is 0 Å². The van der Waals surface area contributed by atoms with Crippen molar-refractivity contribution in [2.75, 3.05) is 65.5 Å². The van der Waals surface area contributed by atoms with E-state index in [0.29, 0.717) is 31.1 Å². The Morgan fingerprint density at radius 3 is 1.87 bits per heavy atom. The van der Waals surface area contributed by atoms with Crippen molar-refractivity contribution in [3.63, 3.8) is 0 Å². The maximum atomic E-state index is 12.5. The zero-order valence-electron chi connectivity index (χ0n) is 32.7. The van der Waals surface area contributed by atoms with Gasteiger partial charge in [0.25, 0.3) is 11.8 Å². The molecule has 16 nitrogen and oxygen atoms in total. The molecule has 52 heavy (non-hydrogen) atoms. The molecule has 5 amide bonds. The van der Waals surface area contributed by atoms with Crippen LogP contribution in [0.1, 0.15) is 119 Å². The number of urea groups is 1. The number of nitrogens with zero attached hydrogens (tertiary/aromatic N) is 5. The van der Waals surface area contributed by atoms with Gasteiger partial charge in [0.2, 0.25) is 10.4 Å². The summed E-state index contributed by atoms with van der Waals surface area (Å²) in [5.41, 5.74) is 1.53. The van der Waals surface area contributed by atoms with Crippen LogP contribution in [0.4, 0.5) is 9.59 Å². The number of unbranched alkanes of at least 4 members (excludes halogenated alkanes) is 4. The largest absolute Gasteiger partial charge is 0.724 e. The summed E-state index contributed by atoms with van der Waals surface area (Å²) in [6, 6.07) is -2.55. The lowest BCUT2D eigenvalue weighted by atomic mass is 10.0. The molecule has 3 fully saturated rings. The number of rotatable bonds is 18. The number of carbonyl (C=O) groups is 4. The van der Waals surface area contributed by atoms with Crippen LogP contribution in [0.5, 0.6) is 0 Å². The highest BCUT2D eigenvalue weighted by Gasteiger charge is 2.49. The molecular weight excluding hydrogens is 696 g/mol. The topological polar surface area (TPSA) is 178 Å². The van der Waals surface area contributed by atoms with E-state index in [9.17, 15) is 32.1 Å². The Labute approximate surface area is 311 Å². The average molecular weight is 763 g/mol. The van der Waals surface area contributed by atoms with Gasteiger partial charge in [-0.05, 0) is 65.7 Å². The summed E-state index contributed by atoms with van der Waals surface area (Å²) in [6.45, 7) is 21.3. The van der Waals surface area contributed by atoms with Gasteiger partial charge in [0.1, 0.15) is 11.6 Å². The smallest absolute Gasteiger partial charge is 0.410 e. The Morgan fingerprint density at radius 1 is 0.846 bits per heavy atom. The van der Waals surface area contributed by atoms with E-state index >= 15 is 0 Å². The normalized spacial score (nSPS) is 19.6. The van der Waals surface area contributed by atoms with Gasteiger partial charge in [0, 0.05) is 32.7 Å². The first kappa shape index (κ1) is 45.4. The van der Waals surface area contributed by atoms with Gasteiger partial charge in [-0.1, -0.05) is 53.4 Å². The Morgan fingerprint density at radius 2 is 1.37 bits per heavy atom. The van der Waals surface area contributed by atoms with E-state index in [-0.39, 0.29) is 25.9 Å². The third-order valence-corrected chi connectivity index (χ3v) is 9.95. The molecule has 302 valence electrons. The molecule has 0 aromatic carbocycles. The number of amides is 5. The van der Waals surface area contributed by atoms with Gasteiger partial charge in [-0.3, -0.25) is 14.4 Å². The van der Waals surface area contributed by atoms with E-state index in [2.05, 4.69) is 37.5 Å². The lowest BCUT2D eigenvalue weighted by molar-refractivity contribution is -0.929. The van der Waals surface area contributed by atoms with E-state index < -0.39 is 58.6 Å². The van der Waals surface area contributed by atoms with Crippen LogP contribution in [-0.2, 0) is 33.8 Å². The van der Waals surface area contributed by atoms with Crippen molar-refractivity contribution >= 4 is 34.3 Å². The predicted octanol–water partition coefficient (Wildman–Crippen LogP) is 4.17. The minimum absolute atomic E-state index is 0.00724. The molecule has 3 aliphatic heterocycles. The molecule has 3 heterocycles. The number of hydrogen-bond acceptors (Lipinski definition) is 10. The molecule has 0 radical (unpaired) electrons. The van der Waals surface area contributed by atoms with E-state index in [1.54, 1.807) is 20.8 Å². The Bertz CT molecular complexity index is 1210. The zero-order valence-corrected chi connectivity index (χ0v) is 33.5. The molecule has 3 saturated heterocycles. The van der Waals surface area contributed by atoms with E-state index in [0.717, 1.165) is 4.90 Å². The number of carbonyl (C=O) groups excluding carboxylic acids is 4. The summed E-state index contributed by atoms with van der Waals surface area (Å²) < 4.78 is 43.5. The van der Waals surface area contributed by atoms with E-state index in [1.807, 2.05) is 0 Å². The molecule has 1 N–H and O–H groups in total. The Hall–Kier alpha value is -2.73. The molecule has 0 aliphatic carbocycles. The van der Waals surface area contributed by atoms with Crippen molar-refractivity contribution in [1.29, 1.82) is 0 Å². The van der Waals surface area contributed by atoms with Crippen LogP contribution in [-0.4, -0.2) is 144 Å². The second-order valence-corrected chi connectivity index (χ2v) is 16.1. The highest BCUT2D eigenvalue weighted by atomic mass is 32.3. The molecule has 0 unspecified atom stereocenters. The van der Waals surface area contributed by atoms with Crippen molar-refractivity contribution in [2.24, 2.45) is 0 Å². The van der Waals surface area contributed by atoms with E-state index in [4.69, 9.17) is 9.57 Å². The first-order valence-electron chi connectivity index (χ1n) is 19.3. The van der Waals surface area contributed by atoms with Crippen LogP contribution in [0.25, 0.3) is 0 Å². The van der Waals surface area contributed by atoms with Gasteiger partial charge >= 0.3 is 12.1 Å². The summed E-state index contributed by atoms with van der Waals surface area (Å²) in [5, 5.41) is 0.472. The van der Waals surface area contributed by atoms with Gasteiger partial charge in [0.15, 0.2) is 6.61 Å². The summed E-state index contributed by atoms with van der Waals surface area (Å²) in [7, 11) is -5.14. The molecule has 2 atom stereocenters. The molecular formula is C35H66N6O10S. The fourth-order valence-corrected chi connectivity index (χ4v) is 7.13. The first-order chi connectivity index (χ1) is 24.5. The molecule has 0 spiro atoms. The minimum atomic E-state index is -5.14. The van der Waals surface area contributed by atoms with Gasteiger partial charge in [-0.2, -0.15) is 9.35 Å². The predicted molar refractivity (Wildman–Crippen MR) is 194 cm³/mol. The first-order valence-corrected chi connectivity index (χ1v) is 20.6. The highest BCUT2D eigenvalue weighted by Crippen LogP contribution is 2.30. The van der Waals surface area contributed by atoms with Crippen molar-refractivity contribution in [3.8, 4) is 0 Å². The number of ether oxygens (including phenoxy) is 1. The lowest BCUT2D eigenvalue weighted by Crippen LogP contribution is -2.50. The number of fused-ring (bicyclic) bond motifs is 2. The fourth-order valence-electron chi connectivity index (χ4n) is 6.75. The third kappa shape index (κ3) is 15.3. The molecule has 0 aromatic heterocycles. The maximum absolute atomic E-state index is 12.5. The fraction of sp³-hybridized carbons (Fsp3) is 0.886. The summed E-state index contributed by atoms with van der Waals surface area (Å²) in [6.07, 6.45) is 11.6. The number of quaternary nitrogens is 1. The summed E-state index contributed by atoms with van der Waals surface area (Å²) in [5.74, 6) is -1.08. The molecule has 2 bridgehead atoms. The number of hydrogen-bond donors (Lipinski definition) is 1. The second kappa shape index (κ2) is 21.8. The van der Waals surface area contributed by atoms with Crippen molar-refractivity contribution in [2.45, 2.75) is 137 Å². The van der Waals surface area contributed by atoms with Crippen molar-refractivity contribution in [3.05, 3.63) is 0 Å². The molecule has 3 rings (SSSR count). The van der Waals surface area contributed by atoms with Crippen LogP contribution < -0.4 is 5.48 Å². The maximum Gasteiger partial charge on any atom is 0.410 e.